The third-order valence-corrected chi connectivity index (χ3v) is 8.63. The first-order chi connectivity index (χ1) is 23.5. The van der Waals surface area contributed by atoms with Gasteiger partial charge in [-0.05, 0) is 74.9 Å². The van der Waals surface area contributed by atoms with E-state index in [9.17, 15) is 9.59 Å². The van der Waals surface area contributed by atoms with Gasteiger partial charge in [-0.15, -0.1) is 0 Å². The predicted molar refractivity (Wildman–Crippen MR) is 199 cm³/mol. The van der Waals surface area contributed by atoms with E-state index in [1.807, 2.05) is 38.2 Å². The Morgan fingerprint density at radius 1 is 0.780 bits per heavy atom. The van der Waals surface area contributed by atoms with Crippen LogP contribution < -0.4 is 0 Å². The molecule has 0 saturated carbocycles. The molecule has 2 saturated heterocycles. The summed E-state index contributed by atoms with van der Waals surface area (Å²) < 4.78 is 19.6. The Morgan fingerprint density at radius 2 is 1.24 bits per heavy atom. The second kappa shape index (κ2) is 20.1. The number of imidazole rings is 2. The van der Waals surface area contributed by atoms with Crippen molar-refractivity contribution in [2.75, 3.05) is 40.6 Å². The van der Waals surface area contributed by atoms with Gasteiger partial charge in [0.2, 0.25) is 0 Å². The van der Waals surface area contributed by atoms with E-state index in [-0.39, 0.29) is 19.4 Å². The first kappa shape index (κ1) is 41.3. The first-order valence-electron chi connectivity index (χ1n) is 15.8. The van der Waals surface area contributed by atoms with Gasteiger partial charge >= 0.3 is 11.9 Å². The van der Waals surface area contributed by atoms with E-state index in [4.69, 9.17) is 70.3 Å². The molecule has 2 aromatic carbocycles. The summed E-state index contributed by atoms with van der Waals surface area (Å²) >= 11 is 20.8. The van der Waals surface area contributed by atoms with Crippen LogP contribution in [0.25, 0.3) is 22.5 Å². The number of methoxy groups -OCH3 is 2. The van der Waals surface area contributed by atoms with Crippen LogP contribution in [0.5, 0.6) is 0 Å². The molecule has 272 valence electrons. The maximum absolute atomic E-state index is 11.7. The van der Waals surface area contributed by atoms with Crippen molar-refractivity contribution >= 4 is 58.3 Å². The lowest BCUT2D eigenvalue weighted by Gasteiger charge is -2.19. The Labute approximate surface area is 313 Å². The number of aromatic amines is 2. The third-order valence-electron chi connectivity index (χ3n) is 8.35. The number of aromatic nitrogens is 4. The zero-order valence-electron chi connectivity index (χ0n) is 27.8. The monoisotopic (exact) mass is 768 g/mol. The molecule has 2 aliphatic heterocycles. The van der Waals surface area contributed by atoms with E-state index in [0.29, 0.717) is 33.8 Å². The number of carbonyl (C=O) groups excluding carboxylic acids is 2. The van der Waals surface area contributed by atoms with Crippen LogP contribution in [-0.2, 0) is 18.9 Å². The van der Waals surface area contributed by atoms with E-state index in [1.54, 1.807) is 18.2 Å². The SMILES string of the molecule is C.COC(=O)c1ccc(C)c(-c2cnc(C3CCOCC3)[nH]2)c1.COC(=O)c1ccc(C)c(-c2nc(C3CCOCC3)[nH]c2Cl)c1.ClC(Cl)Cl. The Hall–Kier alpha value is -3.12. The molecule has 2 aromatic heterocycles. The summed E-state index contributed by atoms with van der Waals surface area (Å²) in [6.45, 7) is 7.06. The van der Waals surface area contributed by atoms with Gasteiger partial charge in [-0.1, -0.05) is 66.0 Å². The number of carbonyl (C=O) groups is 2. The molecule has 0 aliphatic carbocycles. The summed E-state index contributed by atoms with van der Waals surface area (Å²) in [6, 6.07) is 10.9. The summed E-state index contributed by atoms with van der Waals surface area (Å²) in [7, 11) is 2.76. The minimum atomic E-state index is -0.750. The van der Waals surface area contributed by atoms with E-state index in [1.165, 1.54) is 14.2 Å². The van der Waals surface area contributed by atoms with Gasteiger partial charge in [-0.3, -0.25) is 0 Å². The topological polar surface area (TPSA) is 128 Å². The number of halogens is 4. The number of H-pyrrole nitrogens is 2. The Balaban J connectivity index is 0.000000240. The normalized spacial score (nSPS) is 14.8. The highest BCUT2D eigenvalue weighted by Crippen LogP contribution is 2.34. The number of benzene rings is 2. The van der Waals surface area contributed by atoms with Crippen molar-refractivity contribution in [3.05, 3.63) is 81.7 Å². The fraction of sp³-hybridized carbons (Fsp3) is 0.444. The van der Waals surface area contributed by atoms with E-state index >= 15 is 0 Å². The molecule has 0 amide bonds. The molecule has 2 fully saturated rings. The van der Waals surface area contributed by atoms with Crippen molar-refractivity contribution < 1.29 is 28.5 Å². The zero-order chi connectivity index (χ0) is 35.5. The van der Waals surface area contributed by atoms with Crippen LogP contribution >= 0.6 is 46.4 Å². The second-order valence-corrected chi connectivity index (χ2v) is 13.9. The summed E-state index contributed by atoms with van der Waals surface area (Å²) in [4.78, 5) is 39.3. The maximum atomic E-state index is 11.7. The molecular weight excluding hydrogens is 726 g/mol. The van der Waals surface area contributed by atoms with E-state index in [0.717, 1.165) is 91.7 Å². The zero-order valence-corrected chi connectivity index (χ0v) is 30.8. The number of hydrogen-bond acceptors (Lipinski definition) is 8. The molecule has 0 radical (unpaired) electrons. The number of hydrogen-bond donors (Lipinski definition) is 2. The van der Waals surface area contributed by atoms with E-state index < -0.39 is 4.30 Å². The smallest absolute Gasteiger partial charge is 0.337 e. The fourth-order valence-corrected chi connectivity index (χ4v) is 5.88. The summed E-state index contributed by atoms with van der Waals surface area (Å²) in [5, 5.41) is 0.497. The maximum Gasteiger partial charge on any atom is 0.337 e. The van der Waals surface area contributed by atoms with Gasteiger partial charge in [0.15, 0.2) is 4.30 Å². The number of ether oxygens (including phenoxy) is 4. The Bertz CT molecular complexity index is 1690. The van der Waals surface area contributed by atoms with Crippen LogP contribution in [-0.4, -0.2) is 76.8 Å². The molecule has 10 nitrogen and oxygen atoms in total. The minimum absolute atomic E-state index is 0. The molecular formula is C36H44Cl4N4O6. The van der Waals surface area contributed by atoms with Gasteiger partial charge in [0, 0.05) is 49.4 Å². The number of alkyl halides is 3. The van der Waals surface area contributed by atoms with Crippen LogP contribution in [0.3, 0.4) is 0 Å². The highest BCUT2D eigenvalue weighted by atomic mass is 35.6. The number of aryl methyl sites for hydroxylation is 2. The highest BCUT2D eigenvalue weighted by Gasteiger charge is 2.23. The molecule has 0 bridgehead atoms. The van der Waals surface area contributed by atoms with Crippen molar-refractivity contribution in [1.82, 2.24) is 19.9 Å². The molecule has 0 unspecified atom stereocenters. The average Bonchev–Trinajstić information content (AvgIpc) is 3.76. The summed E-state index contributed by atoms with van der Waals surface area (Å²) in [6.07, 6.45) is 5.70. The molecule has 0 spiro atoms. The molecule has 50 heavy (non-hydrogen) atoms. The molecule has 2 aliphatic rings. The van der Waals surface area contributed by atoms with Crippen LogP contribution in [0.2, 0.25) is 5.15 Å². The van der Waals surface area contributed by atoms with Crippen molar-refractivity contribution in [3.8, 4) is 22.5 Å². The van der Waals surface area contributed by atoms with Crippen molar-refractivity contribution in [1.29, 1.82) is 0 Å². The number of rotatable bonds is 6. The second-order valence-electron chi connectivity index (χ2n) is 11.5. The van der Waals surface area contributed by atoms with Gasteiger partial charge in [-0.25, -0.2) is 19.6 Å². The molecule has 4 heterocycles. The van der Waals surface area contributed by atoms with Crippen molar-refractivity contribution in [2.45, 2.75) is 63.1 Å². The van der Waals surface area contributed by atoms with Crippen LogP contribution in [0.1, 0.15) is 88.4 Å². The number of nitrogens with zero attached hydrogens (tertiary/aromatic N) is 2. The fourth-order valence-electron chi connectivity index (χ4n) is 5.64. The summed E-state index contributed by atoms with van der Waals surface area (Å²) in [5.74, 6) is 1.94. The number of esters is 2. The van der Waals surface area contributed by atoms with E-state index in [2.05, 4.69) is 15.0 Å². The van der Waals surface area contributed by atoms with Crippen molar-refractivity contribution in [2.24, 2.45) is 0 Å². The lowest BCUT2D eigenvalue weighted by molar-refractivity contribution is 0.0592. The third kappa shape index (κ3) is 11.2. The summed E-state index contributed by atoms with van der Waals surface area (Å²) in [5.41, 5.74) is 6.56. The Morgan fingerprint density at radius 3 is 1.74 bits per heavy atom. The lowest BCUT2D eigenvalue weighted by Crippen LogP contribution is -2.15. The van der Waals surface area contributed by atoms with Crippen LogP contribution in [0.15, 0.2) is 42.6 Å². The van der Waals surface area contributed by atoms with Gasteiger partial charge in [0.05, 0.1) is 37.2 Å². The lowest BCUT2D eigenvalue weighted by atomic mass is 10.00. The standard InChI is InChI=1S/C17H19ClN2O3.C17H20N2O3.CHCl3.CH4/c1-10-3-4-12(17(21)22-2)9-13(10)14-15(18)20-16(19-14)11-5-7-23-8-6-11;1-11-3-4-13(17(20)21-2)9-14(11)15-10-18-16(19-15)12-5-7-22-8-6-12;2-1(3)4;/h3-4,9,11H,5-8H2,1-2H3,(H,19,20);3-4,9-10,12H,5-8H2,1-2H3,(H,18,19);1H;1H4. The molecule has 2 N–H and O–H groups in total. The molecule has 6 rings (SSSR count). The Kier molecular flexibility index (Phi) is 16.6. The quantitative estimate of drug-likeness (QED) is 0.147. The van der Waals surface area contributed by atoms with Crippen LogP contribution in [0, 0.1) is 13.8 Å². The first-order valence-corrected chi connectivity index (χ1v) is 17.5. The van der Waals surface area contributed by atoms with Gasteiger partial charge in [0.1, 0.15) is 22.5 Å². The number of nitrogens with one attached hydrogen (secondary N) is 2. The largest absolute Gasteiger partial charge is 0.465 e. The molecule has 4 aromatic rings. The van der Waals surface area contributed by atoms with Crippen molar-refractivity contribution in [3.63, 3.8) is 0 Å². The minimum Gasteiger partial charge on any atom is -0.465 e. The van der Waals surface area contributed by atoms with Gasteiger partial charge in [0.25, 0.3) is 0 Å². The predicted octanol–water partition coefficient (Wildman–Crippen LogP) is 9.41. The molecule has 14 heteroatoms. The molecule has 0 atom stereocenters. The van der Waals surface area contributed by atoms with Gasteiger partial charge in [-0.2, -0.15) is 0 Å². The average molecular weight is 771 g/mol. The highest BCUT2D eigenvalue weighted by molar-refractivity contribution is 6.63. The van der Waals surface area contributed by atoms with Crippen LogP contribution in [0.4, 0.5) is 0 Å². The van der Waals surface area contributed by atoms with Gasteiger partial charge < -0.3 is 28.9 Å².